The Morgan fingerprint density at radius 3 is 2.22 bits per heavy atom. The van der Waals surface area contributed by atoms with Crippen molar-refractivity contribution in [1.29, 1.82) is 0 Å². The van der Waals surface area contributed by atoms with E-state index in [-0.39, 0.29) is 5.75 Å². The summed E-state index contributed by atoms with van der Waals surface area (Å²) in [5, 5.41) is 12.3. The minimum absolute atomic E-state index is 0.0714. The van der Waals surface area contributed by atoms with Gasteiger partial charge in [0.25, 0.3) is 0 Å². The fraction of sp³-hybridized carbons (Fsp3) is 0.455. The van der Waals surface area contributed by atoms with E-state index in [1.54, 1.807) is 12.1 Å². The fourth-order valence-electron chi connectivity index (χ4n) is 1.43. The summed E-state index contributed by atoms with van der Waals surface area (Å²) in [7, 11) is 0. The lowest BCUT2D eigenvalue weighted by atomic mass is 10.2. The van der Waals surface area contributed by atoms with Crippen LogP contribution in [0.5, 0.6) is 5.75 Å². The van der Waals surface area contributed by atoms with Crippen LogP contribution in [-0.4, -0.2) is 17.3 Å². The van der Waals surface area contributed by atoms with Crippen molar-refractivity contribution in [2.75, 3.05) is 0 Å². The van der Waals surface area contributed by atoms with Crippen LogP contribution in [0.4, 0.5) is 13.2 Å². The Morgan fingerprint density at radius 1 is 1.28 bits per heavy atom. The third kappa shape index (κ3) is 5.16. The number of rotatable bonds is 4. The van der Waals surface area contributed by atoms with Crippen molar-refractivity contribution in [3.63, 3.8) is 0 Å². The third-order valence-electron chi connectivity index (χ3n) is 2.27. The zero-order valence-electron chi connectivity index (χ0n) is 9.48. The van der Waals surface area contributed by atoms with Crippen molar-refractivity contribution in [2.45, 2.75) is 32.1 Å². The first-order valence-electron chi connectivity index (χ1n) is 5.16. The molecule has 0 aromatic heterocycles. The van der Waals surface area contributed by atoms with Crippen LogP contribution < -0.4 is 5.32 Å². The highest BCUT2D eigenvalue weighted by atomic mass is 79.9. The van der Waals surface area contributed by atoms with Gasteiger partial charge < -0.3 is 10.4 Å². The zero-order valence-corrected chi connectivity index (χ0v) is 12.7. The number of benzene rings is 1. The van der Waals surface area contributed by atoms with Gasteiger partial charge in [0.15, 0.2) is 0 Å². The van der Waals surface area contributed by atoms with Crippen molar-refractivity contribution >= 4 is 31.9 Å². The Bertz CT molecular complexity index is 400. The van der Waals surface area contributed by atoms with Gasteiger partial charge in [0, 0.05) is 12.6 Å². The summed E-state index contributed by atoms with van der Waals surface area (Å²) in [6.07, 6.45) is -5.03. The van der Waals surface area contributed by atoms with E-state index in [1.165, 1.54) is 6.92 Å². The van der Waals surface area contributed by atoms with Crippen molar-refractivity contribution in [2.24, 2.45) is 0 Å². The monoisotopic (exact) mass is 389 g/mol. The highest BCUT2D eigenvalue weighted by molar-refractivity contribution is 9.11. The number of hydrogen-bond acceptors (Lipinski definition) is 2. The molecule has 0 saturated heterocycles. The fourth-order valence-corrected chi connectivity index (χ4v) is 2.71. The molecular weight excluding hydrogens is 379 g/mol. The number of halogens is 5. The average Bonchev–Trinajstić information content (AvgIpc) is 2.20. The number of phenols is 1. The molecule has 2 N–H and O–H groups in total. The number of aromatic hydroxyl groups is 1. The van der Waals surface area contributed by atoms with Gasteiger partial charge in [0.05, 0.1) is 15.4 Å². The van der Waals surface area contributed by atoms with Gasteiger partial charge in [-0.25, -0.2) is 0 Å². The van der Waals surface area contributed by atoms with Crippen LogP contribution in [0.15, 0.2) is 21.1 Å². The summed E-state index contributed by atoms with van der Waals surface area (Å²) < 4.78 is 37.4. The molecule has 1 atom stereocenters. The zero-order chi connectivity index (χ0) is 13.9. The van der Waals surface area contributed by atoms with Crippen LogP contribution in [0.25, 0.3) is 0 Å². The summed E-state index contributed by atoms with van der Waals surface area (Å²) in [4.78, 5) is 0. The Labute approximate surface area is 120 Å². The Morgan fingerprint density at radius 2 is 1.78 bits per heavy atom. The van der Waals surface area contributed by atoms with E-state index in [0.29, 0.717) is 15.5 Å². The summed E-state index contributed by atoms with van der Waals surface area (Å²) in [5.74, 6) is 0.0714. The maximum Gasteiger partial charge on any atom is 0.390 e. The summed E-state index contributed by atoms with van der Waals surface area (Å²) in [5.41, 5.74) is 0.778. The molecule has 1 rings (SSSR count). The lowest BCUT2D eigenvalue weighted by Crippen LogP contribution is -2.30. The van der Waals surface area contributed by atoms with E-state index in [9.17, 15) is 18.3 Å². The second kappa shape index (κ2) is 6.25. The van der Waals surface area contributed by atoms with Gasteiger partial charge in [-0.05, 0) is 56.5 Å². The SMILES string of the molecule is CC(CC(F)(F)F)NCc1cc(Br)c(O)c(Br)c1. The van der Waals surface area contributed by atoms with Gasteiger partial charge in [-0.3, -0.25) is 0 Å². The molecule has 1 aromatic carbocycles. The van der Waals surface area contributed by atoms with E-state index < -0.39 is 18.6 Å². The van der Waals surface area contributed by atoms with Crippen molar-refractivity contribution < 1.29 is 18.3 Å². The highest BCUT2D eigenvalue weighted by Gasteiger charge is 2.29. The predicted octanol–water partition coefficient (Wildman–Crippen LogP) is 4.35. The smallest absolute Gasteiger partial charge is 0.390 e. The Balaban J connectivity index is 2.59. The lowest BCUT2D eigenvalue weighted by Gasteiger charge is -2.16. The molecule has 0 saturated carbocycles. The van der Waals surface area contributed by atoms with Crippen molar-refractivity contribution in [3.05, 3.63) is 26.6 Å². The van der Waals surface area contributed by atoms with Crippen LogP contribution in [-0.2, 0) is 6.54 Å². The summed E-state index contributed by atoms with van der Waals surface area (Å²) in [6.45, 7) is 1.78. The minimum Gasteiger partial charge on any atom is -0.506 e. The van der Waals surface area contributed by atoms with Gasteiger partial charge in [-0.2, -0.15) is 13.2 Å². The molecule has 7 heteroatoms. The van der Waals surface area contributed by atoms with Gasteiger partial charge in [-0.15, -0.1) is 0 Å². The van der Waals surface area contributed by atoms with Gasteiger partial charge in [0.2, 0.25) is 0 Å². The molecule has 0 aliphatic heterocycles. The molecule has 0 fully saturated rings. The van der Waals surface area contributed by atoms with Crippen molar-refractivity contribution in [3.8, 4) is 5.75 Å². The van der Waals surface area contributed by atoms with E-state index in [4.69, 9.17) is 0 Å². The van der Waals surface area contributed by atoms with E-state index in [1.807, 2.05) is 0 Å². The van der Waals surface area contributed by atoms with Gasteiger partial charge >= 0.3 is 6.18 Å². The van der Waals surface area contributed by atoms with Crippen LogP contribution >= 0.6 is 31.9 Å². The molecule has 2 nitrogen and oxygen atoms in total. The molecule has 1 unspecified atom stereocenters. The van der Waals surface area contributed by atoms with Gasteiger partial charge in [0.1, 0.15) is 5.75 Å². The molecule has 1 aromatic rings. The number of hydrogen-bond donors (Lipinski definition) is 2. The molecule has 0 bridgehead atoms. The van der Waals surface area contributed by atoms with Gasteiger partial charge in [-0.1, -0.05) is 0 Å². The Hall–Kier alpha value is -0.270. The van der Waals surface area contributed by atoms with E-state index in [2.05, 4.69) is 37.2 Å². The normalized spacial score (nSPS) is 13.7. The molecule has 0 heterocycles. The maximum atomic E-state index is 12.1. The predicted molar refractivity (Wildman–Crippen MR) is 70.5 cm³/mol. The lowest BCUT2D eigenvalue weighted by molar-refractivity contribution is -0.139. The third-order valence-corrected chi connectivity index (χ3v) is 3.48. The van der Waals surface area contributed by atoms with Crippen LogP contribution in [0.3, 0.4) is 0 Å². The summed E-state index contributed by atoms with van der Waals surface area (Å²) in [6, 6.07) is 2.66. The molecule has 0 radical (unpaired) electrons. The molecule has 102 valence electrons. The average molecular weight is 391 g/mol. The minimum atomic E-state index is -4.16. The number of phenolic OH excluding ortho intramolecular Hbond substituents is 1. The molecule has 18 heavy (non-hydrogen) atoms. The molecule has 0 spiro atoms. The van der Waals surface area contributed by atoms with E-state index in [0.717, 1.165) is 5.56 Å². The number of nitrogens with one attached hydrogen (secondary N) is 1. The van der Waals surface area contributed by atoms with Crippen molar-refractivity contribution in [1.82, 2.24) is 5.32 Å². The van der Waals surface area contributed by atoms with Crippen LogP contribution in [0, 0.1) is 0 Å². The second-order valence-corrected chi connectivity index (χ2v) is 5.72. The first-order valence-corrected chi connectivity index (χ1v) is 6.74. The molecule has 0 aliphatic rings. The van der Waals surface area contributed by atoms with Crippen LogP contribution in [0.1, 0.15) is 18.9 Å². The molecular formula is C11H12Br2F3NO. The first kappa shape index (κ1) is 15.8. The standard InChI is InChI=1S/C11H12Br2F3NO/c1-6(4-11(14,15)16)17-5-7-2-8(12)10(18)9(13)3-7/h2-3,6,17-18H,4-5H2,1H3. The maximum absolute atomic E-state index is 12.1. The molecule has 0 amide bonds. The first-order chi connectivity index (χ1) is 8.19. The van der Waals surface area contributed by atoms with E-state index >= 15 is 0 Å². The number of alkyl halides is 3. The quantitative estimate of drug-likeness (QED) is 0.801. The topological polar surface area (TPSA) is 32.3 Å². The van der Waals surface area contributed by atoms with Crippen LogP contribution in [0.2, 0.25) is 0 Å². The largest absolute Gasteiger partial charge is 0.506 e. The Kier molecular flexibility index (Phi) is 5.48. The second-order valence-electron chi connectivity index (χ2n) is 4.01. The highest BCUT2D eigenvalue weighted by Crippen LogP contribution is 2.33. The summed E-state index contributed by atoms with van der Waals surface area (Å²) >= 11 is 6.33. The molecule has 0 aliphatic carbocycles.